The summed E-state index contributed by atoms with van der Waals surface area (Å²) < 4.78 is 0. The molecule has 1 nitrogen and oxygen atoms in total. The van der Waals surface area contributed by atoms with Crippen molar-refractivity contribution >= 4 is 0 Å². The zero-order valence-corrected chi connectivity index (χ0v) is 10.6. The number of benzene rings is 2. The van der Waals surface area contributed by atoms with Crippen LogP contribution in [-0.2, 0) is 6.54 Å². The summed E-state index contributed by atoms with van der Waals surface area (Å²) in [5.74, 6) is 0.794. The lowest BCUT2D eigenvalue weighted by Gasteiger charge is -2.26. The molecule has 3 rings (SSSR count). The first-order chi connectivity index (χ1) is 8.86. The van der Waals surface area contributed by atoms with Gasteiger partial charge in [0.25, 0.3) is 0 Å². The van der Waals surface area contributed by atoms with Gasteiger partial charge in [-0.1, -0.05) is 48.9 Å². The molecule has 1 heteroatoms. The number of hydrogen-bond donors (Lipinski definition) is 1. The number of rotatable bonds is 3. The minimum atomic E-state index is 0.607. The van der Waals surface area contributed by atoms with E-state index in [4.69, 9.17) is 5.73 Å². The standard InChI is InChI=1S/C17H19N/c18-12-13-4-1-7-15(10-13)17-9-3-8-16(11-17)14-5-2-6-14/h1,3-4,7-11,14H,2,5-6,12,18H2. The van der Waals surface area contributed by atoms with Crippen molar-refractivity contribution in [2.45, 2.75) is 31.7 Å². The summed E-state index contributed by atoms with van der Waals surface area (Å²) in [5, 5.41) is 0. The zero-order valence-electron chi connectivity index (χ0n) is 10.6. The molecule has 1 saturated carbocycles. The maximum absolute atomic E-state index is 5.71. The van der Waals surface area contributed by atoms with Gasteiger partial charge in [-0.25, -0.2) is 0 Å². The summed E-state index contributed by atoms with van der Waals surface area (Å²) in [4.78, 5) is 0. The highest BCUT2D eigenvalue weighted by Gasteiger charge is 2.19. The van der Waals surface area contributed by atoms with Crippen LogP contribution in [0.4, 0.5) is 0 Å². The molecule has 1 aliphatic carbocycles. The van der Waals surface area contributed by atoms with E-state index in [1.165, 1.54) is 41.5 Å². The van der Waals surface area contributed by atoms with Crippen LogP contribution in [-0.4, -0.2) is 0 Å². The minimum Gasteiger partial charge on any atom is -0.326 e. The summed E-state index contributed by atoms with van der Waals surface area (Å²) in [6, 6.07) is 17.5. The van der Waals surface area contributed by atoms with Gasteiger partial charge in [0.15, 0.2) is 0 Å². The average Bonchev–Trinajstić information content (AvgIpc) is 2.37. The van der Waals surface area contributed by atoms with Gasteiger partial charge in [-0.05, 0) is 47.1 Å². The van der Waals surface area contributed by atoms with E-state index in [0.29, 0.717) is 6.54 Å². The van der Waals surface area contributed by atoms with Crippen LogP contribution in [0.25, 0.3) is 11.1 Å². The van der Waals surface area contributed by atoms with Crippen molar-refractivity contribution in [3.05, 3.63) is 59.7 Å². The van der Waals surface area contributed by atoms with Crippen molar-refractivity contribution in [1.82, 2.24) is 0 Å². The first-order valence-corrected chi connectivity index (χ1v) is 6.76. The Morgan fingerprint density at radius 3 is 2.33 bits per heavy atom. The molecule has 18 heavy (non-hydrogen) atoms. The lowest BCUT2D eigenvalue weighted by molar-refractivity contribution is 0.420. The smallest absolute Gasteiger partial charge is 0.0178 e. The fraction of sp³-hybridized carbons (Fsp3) is 0.294. The molecule has 0 unspecified atom stereocenters. The number of hydrogen-bond acceptors (Lipinski definition) is 1. The van der Waals surface area contributed by atoms with E-state index < -0.39 is 0 Å². The molecule has 0 saturated heterocycles. The van der Waals surface area contributed by atoms with Crippen LogP contribution in [0.2, 0.25) is 0 Å². The SMILES string of the molecule is NCc1cccc(-c2cccc(C3CCC3)c2)c1. The summed E-state index contributed by atoms with van der Waals surface area (Å²) in [7, 11) is 0. The van der Waals surface area contributed by atoms with E-state index in [9.17, 15) is 0 Å². The summed E-state index contributed by atoms with van der Waals surface area (Å²) in [5.41, 5.74) is 11.0. The van der Waals surface area contributed by atoms with Crippen molar-refractivity contribution in [2.75, 3.05) is 0 Å². The van der Waals surface area contributed by atoms with Crippen LogP contribution in [0.15, 0.2) is 48.5 Å². The average molecular weight is 237 g/mol. The molecule has 92 valence electrons. The van der Waals surface area contributed by atoms with Gasteiger partial charge in [-0.2, -0.15) is 0 Å². The van der Waals surface area contributed by atoms with Gasteiger partial charge in [0.1, 0.15) is 0 Å². The van der Waals surface area contributed by atoms with Crippen LogP contribution >= 0.6 is 0 Å². The van der Waals surface area contributed by atoms with Crippen molar-refractivity contribution in [1.29, 1.82) is 0 Å². The largest absolute Gasteiger partial charge is 0.326 e. The molecule has 0 heterocycles. The molecular formula is C17H19N. The molecule has 0 amide bonds. The second-order valence-corrected chi connectivity index (χ2v) is 5.16. The van der Waals surface area contributed by atoms with Crippen LogP contribution in [0.3, 0.4) is 0 Å². The first kappa shape index (κ1) is 11.5. The van der Waals surface area contributed by atoms with Crippen LogP contribution < -0.4 is 5.73 Å². The first-order valence-electron chi connectivity index (χ1n) is 6.76. The second kappa shape index (κ2) is 4.95. The molecule has 0 aliphatic heterocycles. The van der Waals surface area contributed by atoms with Gasteiger partial charge >= 0.3 is 0 Å². The second-order valence-electron chi connectivity index (χ2n) is 5.16. The van der Waals surface area contributed by atoms with Crippen LogP contribution in [0, 0.1) is 0 Å². The molecule has 1 fully saturated rings. The molecule has 0 aromatic heterocycles. The topological polar surface area (TPSA) is 26.0 Å². The van der Waals surface area contributed by atoms with Gasteiger partial charge in [0.05, 0.1) is 0 Å². The highest BCUT2D eigenvalue weighted by molar-refractivity contribution is 5.65. The monoisotopic (exact) mass is 237 g/mol. The number of nitrogens with two attached hydrogens (primary N) is 1. The van der Waals surface area contributed by atoms with Crippen LogP contribution in [0.5, 0.6) is 0 Å². The maximum atomic E-state index is 5.71. The quantitative estimate of drug-likeness (QED) is 0.855. The zero-order chi connectivity index (χ0) is 12.4. The van der Waals surface area contributed by atoms with Crippen molar-refractivity contribution in [2.24, 2.45) is 5.73 Å². The normalized spacial score (nSPS) is 15.4. The third-order valence-corrected chi connectivity index (χ3v) is 3.96. The van der Waals surface area contributed by atoms with Gasteiger partial charge in [0, 0.05) is 6.54 Å². The lowest BCUT2D eigenvalue weighted by atomic mass is 9.79. The Kier molecular flexibility index (Phi) is 3.16. The Morgan fingerprint density at radius 2 is 1.67 bits per heavy atom. The molecule has 2 N–H and O–H groups in total. The molecule has 2 aromatic rings. The molecule has 2 aromatic carbocycles. The lowest BCUT2D eigenvalue weighted by Crippen LogP contribution is -2.08. The van der Waals surface area contributed by atoms with E-state index in [-0.39, 0.29) is 0 Å². The van der Waals surface area contributed by atoms with Gasteiger partial charge in [-0.15, -0.1) is 0 Å². The van der Waals surface area contributed by atoms with E-state index in [1.807, 2.05) is 0 Å². The van der Waals surface area contributed by atoms with E-state index in [1.54, 1.807) is 0 Å². The van der Waals surface area contributed by atoms with Gasteiger partial charge in [0.2, 0.25) is 0 Å². The molecule has 0 spiro atoms. The van der Waals surface area contributed by atoms with Crippen molar-refractivity contribution in [3.63, 3.8) is 0 Å². The Labute approximate surface area is 109 Å². The van der Waals surface area contributed by atoms with Gasteiger partial charge < -0.3 is 5.73 Å². The Hall–Kier alpha value is -1.60. The Bertz CT molecular complexity index is 541. The highest BCUT2D eigenvalue weighted by atomic mass is 14.5. The van der Waals surface area contributed by atoms with E-state index in [0.717, 1.165) is 5.92 Å². The van der Waals surface area contributed by atoms with Crippen LogP contribution in [0.1, 0.15) is 36.3 Å². The molecule has 0 bridgehead atoms. The van der Waals surface area contributed by atoms with Crippen molar-refractivity contribution < 1.29 is 0 Å². The molecular weight excluding hydrogens is 218 g/mol. The fourth-order valence-corrected chi connectivity index (χ4v) is 2.59. The van der Waals surface area contributed by atoms with E-state index in [2.05, 4.69) is 48.5 Å². The minimum absolute atomic E-state index is 0.607. The van der Waals surface area contributed by atoms with Crippen molar-refractivity contribution in [3.8, 4) is 11.1 Å². The highest BCUT2D eigenvalue weighted by Crippen LogP contribution is 2.37. The Balaban J connectivity index is 1.94. The van der Waals surface area contributed by atoms with Gasteiger partial charge in [-0.3, -0.25) is 0 Å². The molecule has 0 atom stereocenters. The fourth-order valence-electron chi connectivity index (χ4n) is 2.59. The summed E-state index contributed by atoms with van der Waals surface area (Å²) >= 11 is 0. The summed E-state index contributed by atoms with van der Waals surface area (Å²) in [6.07, 6.45) is 4.09. The predicted molar refractivity (Wildman–Crippen MR) is 76.4 cm³/mol. The predicted octanol–water partition coefficient (Wildman–Crippen LogP) is 4.08. The maximum Gasteiger partial charge on any atom is 0.0178 e. The molecule has 0 radical (unpaired) electrons. The third kappa shape index (κ3) is 2.19. The van der Waals surface area contributed by atoms with E-state index >= 15 is 0 Å². The third-order valence-electron chi connectivity index (χ3n) is 3.96. The Morgan fingerprint density at radius 1 is 0.944 bits per heavy atom. The summed E-state index contributed by atoms with van der Waals surface area (Å²) in [6.45, 7) is 0.607. The molecule has 1 aliphatic rings.